The quantitative estimate of drug-likeness (QED) is 0.682. The Kier molecular flexibility index (Phi) is 2.60. The number of benzene rings is 2. The fraction of sp³-hybridized carbons (Fsp3) is 0.133. The van der Waals surface area contributed by atoms with E-state index in [1.54, 1.807) is 0 Å². The van der Waals surface area contributed by atoms with Gasteiger partial charge in [0.2, 0.25) is 0 Å². The van der Waals surface area contributed by atoms with Crippen LogP contribution in [0, 0.1) is 13.8 Å². The Morgan fingerprint density at radius 3 is 2.72 bits per heavy atom. The van der Waals surface area contributed by atoms with Crippen LogP contribution < -0.4 is 0 Å². The van der Waals surface area contributed by atoms with Crippen molar-refractivity contribution in [3.63, 3.8) is 0 Å². The van der Waals surface area contributed by atoms with Crippen LogP contribution in [0.5, 0.6) is 0 Å². The highest BCUT2D eigenvalue weighted by molar-refractivity contribution is 6.31. The molecule has 0 aliphatic heterocycles. The van der Waals surface area contributed by atoms with Crippen LogP contribution in [-0.2, 0) is 0 Å². The van der Waals surface area contributed by atoms with Gasteiger partial charge in [-0.2, -0.15) is 0 Å². The molecule has 0 unspecified atom stereocenters. The van der Waals surface area contributed by atoms with E-state index in [4.69, 9.17) is 11.6 Å². The monoisotopic (exact) mass is 256 g/mol. The van der Waals surface area contributed by atoms with E-state index >= 15 is 0 Å². The summed E-state index contributed by atoms with van der Waals surface area (Å²) in [7, 11) is 0. The lowest BCUT2D eigenvalue weighted by atomic mass is 10.1. The lowest BCUT2D eigenvalue weighted by Crippen LogP contribution is -1.86. The zero-order valence-corrected chi connectivity index (χ0v) is 11.0. The van der Waals surface area contributed by atoms with Gasteiger partial charge in [0.1, 0.15) is 5.82 Å². The van der Waals surface area contributed by atoms with Crippen molar-refractivity contribution < 1.29 is 0 Å². The van der Waals surface area contributed by atoms with Crippen LogP contribution in [-0.4, -0.2) is 9.97 Å². The van der Waals surface area contributed by atoms with E-state index in [0.717, 1.165) is 22.4 Å². The van der Waals surface area contributed by atoms with Crippen LogP contribution >= 0.6 is 11.6 Å². The Labute approximate surface area is 111 Å². The van der Waals surface area contributed by atoms with Gasteiger partial charge in [-0.15, -0.1) is 0 Å². The van der Waals surface area contributed by atoms with E-state index in [-0.39, 0.29) is 0 Å². The second-order valence-corrected chi connectivity index (χ2v) is 5.00. The molecule has 3 aromatic rings. The van der Waals surface area contributed by atoms with Crippen molar-refractivity contribution in [3.05, 3.63) is 52.5 Å². The van der Waals surface area contributed by atoms with Crippen molar-refractivity contribution >= 4 is 22.6 Å². The van der Waals surface area contributed by atoms with Crippen molar-refractivity contribution in [2.75, 3.05) is 0 Å². The fourth-order valence-electron chi connectivity index (χ4n) is 2.10. The molecule has 0 aliphatic carbocycles. The van der Waals surface area contributed by atoms with Gasteiger partial charge in [0.15, 0.2) is 0 Å². The number of nitrogens with one attached hydrogen (secondary N) is 1. The summed E-state index contributed by atoms with van der Waals surface area (Å²) in [5.74, 6) is 0.897. The third-order valence-corrected chi connectivity index (χ3v) is 3.33. The van der Waals surface area contributed by atoms with Gasteiger partial charge in [0.25, 0.3) is 0 Å². The molecule has 90 valence electrons. The molecule has 18 heavy (non-hydrogen) atoms. The summed E-state index contributed by atoms with van der Waals surface area (Å²) < 4.78 is 0. The number of nitrogens with zero attached hydrogens (tertiary/aromatic N) is 1. The fourth-order valence-corrected chi connectivity index (χ4v) is 2.26. The smallest absolute Gasteiger partial charge is 0.138 e. The van der Waals surface area contributed by atoms with Gasteiger partial charge in [-0.25, -0.2) is 4.98 Å². The summed E-state index contributed by atoms with van der Waals surface area (Å²) in [5.41, 5.74) is 5.50. The Bertz CT molecular complexity index is 728. The molecule has 1 aromatic heterocycles. The molecule has 0 saturated carbocycles. The average Bonchev–Trinajstić information content (AvgIpc) is 2.74. The van der Waals surface area contributed by atoms with Crippen LogP contribution in [0.4, 0.5) is 0 Å². The molecule has 2 aromatic carbocycles. The number of H-pyrrole nitrogens is 1. The molecular weight excluding hydrogens is 244 g/mol. The number of aromatic nitrogens is 2. The topological polar surface area (TPSA) is 28.7 Å². The highest BCUT2D eigenvalue weighted by Gasteiger charge is 2.08. The number of fused-ring (bicyclic) bond motifs is 1. The molecule has 0 saturated heterocycles. The molecule has 3 rings (SSSR count). The predicted octanol–water partition coefficient (Wildman–Crippen LogP) is 4.50. The molecule has 0 spiro atoms. The summed E-state index contributed by atoms with van der Waals surface area (Å²) in [4.78, 5) is 7.94. The van der Waals surface area contributed by atoms with E-state index in [1.807, 2.05) is 18.2 Å². The van der Waals surface area contributed by atoms with Gasteiger partial charge in [0.05, 0.1) is 11.0 Å². The molecule has 0 atom stereocenters. The van der Waals surface area contributed by atoms with E-state index < -0.39 is 0 Å². The first kappa shape index (κ1) is 11.3. The van der Waals surface area contributed by atoms with Gasteiger partial charge in [-0.1, -0.05) is 29.3 Å². The summed E-state index contributed by atoms with van der Waals surface area (Å²) >= 11 is 5.98. The largest absolute Gasteiger partial charge is 0.338 e. The van der Waals surface area contributed by atoms with Gasteiger partial charge in [-0.05, 0) is 43.7 Å². The first-order chi connectivity index (χ1) is 8.63. The highest BCUT2D eigenvalue weighted by Crippen LogP contribution is 2.25. The third-order valence-electron chi connectivity index (χ3n) is 3.09. The summed E-state index contributed by atoms with van der Waals surface area (Å²) in [6.07, 6.45) is 0. The maximum Gasteiger partial charge on any atom is 0.138 e. The number of halogens is 1. The first-order valence-corrected chi connectivity index (χ1v) is 6.24. The number of hydrogen-bond donors (Lipinski definition) is 1. The van der Waals surface area contributed by atoms with E-state index in [0.29, 0.717) is 5.02 Å². The molecule has 0 amide bonds. The summed E-state index contributed by atoms with van der Waals surface area (Å²) in [6.45, 7) is 4.18. The van der Waals surface area contributed by atoms with Crippen LogP contribution in [0.2, 0.25) is 5.02 Å². The molecule has 0 aliphatic rings. The lowest BCUT2D eigenvalue weighted by Gasteiger charge is -2.03. The van der Waals surface area contributed by atoms with Crippen LogP contribution in [0.1, 0.15) is 11.1 Å². The summed E-state index contributed by atoms with van der Waals surface area (Å²) in [5, 5.41) is 0.710. The van der Waals surface area contributed by atoms with Crippen molar-refractivity contribution in [2.24, 2.45) is 0 Å². The van der Waals surface area contributed by atoms with Gasteiger partial charge >= 0.3 is 0 Å². The van der Waals surface area contributed by atoms with E-state index in [9.17, 15) is 0 Å². The normalized spacial score (nSPS) is 11.1. The third kappa shape index (κ3) is 1.89. The molecule has 1 heterocycles. The van der Waals surface area contributed by atoms with Gasteiger partial charge in [0, 0.05) is 10.6 Å². The molecule has 3 heteroatoms. The SMILES string of the molecule is Cc1ccc(C)c(-c2nc3cc(Cl)ccc3[nH]2)c1. The van der Waals surface area contributed by atoms with Crippen molar-refractivity contribution in [3.8, 4) is 11.4 Å². The molecule has 1 N–H and O–H groups in total. The Morgan fingerprint density at radius 1 is 1.06 bits per heavy atom. The first-order valence-electron chi connectivity index (χ1n) is 5.86. The zero-order chi connectivity index (χ0) is 12.7. The Morgan fingerprint density at radius 2 is 1.89 bits per heavy atom. The Balaban J connectivity index is 2.22. The maximum atomic E-state index is 5.98. The van der Waals surface area contributed by atoms with Crippen molar-refractivity contribution in [2.45, 2.75) is 13.8 Å². The summed E-state index contributed by atoms with van der Waals surface area (Å²) in [6, 6.07) is 12.1. The number of rotatable bonds is 1. The van der Waals surface area contributed by atoms with Crippen LogP contribution in [0.25, 0.3) is 22.4 Å². The van der Waals surface area contributed by atoms with E-state index in [2.05, 4.69) is 42.0 Å². The zero-order valence-electron chi connectivity index (χ0n) is 10.3. The number of imidazole rings is 1. The maximum absolute atomic E-state index is 5.98. The second kappa shape index (κ2) is 4.14. The predicted molar refractivity (Wildman–Crippen MR) is 76.0 cm³/mol. The van der Waals surface area contributed by atoms with Gasteiger partial charge < -0.3 is 4.98 Å². The Hall–Kier alpha value is -1.80. The minimum atomic E-state index is 0.710. The molecular formula is C15H13ClN2. The number of hydrogen-bond acceptors (Lipinski definition) is 1. The minimum Gasteiger partial charge on any atom is -0.338 e. The lowest BCUT2D eigenvalue weighted by molar-refractivity contribution is 1.29. The molecule has 2 nitrogen and oxygen atoms in total. The number of aryl methyl sites for hydroxylation is 2. The standard InChI is InChI=1S/C15H13ClN2/c1-9-3-4-10(2)12(7-9)15-17-13-6-5-11(16)8-14(13)18-15/h3-8H,1-2H3,(H,17,18). The number of aromatic amines is 1. The average molecular weight is 257 g/mol. The molecule has 0 bridgehead atoms. The van der Waals surface area contributed by atoms with Crippen LogP contribution in [0.15, 0.2) is 36.4 Å². The molecule has 0 fully saturated rings. The van der Waals surface area contributed by atoms with Crippen molar-refractivity contribution in [1.29, 1.82) is 0 Å². The molecule has 0 radical (unpaired) electrons. The minimum absolute atomic E-state index is 0.710. The second-order valence-electron chi connectivity index (χ2n) is 4.57. The highest BCUT2D eigenvalue weighted by atomic mass is 35.5. The van der Waals surface area contributed by atoms with E-state index in [1.165, 1.54) is 11.1 Å². The van der Waals surface area contributed by atoms with Crippen molar-refractivity contribution in [1.82, 2.24) is 9.97 Å². The van der Waals surface area contributed by atoms with Crippen LogP contribution in [0.3, 0.4) is 0 Å². The van der Waals surface area contributed by atoms with Gasteiger partial charge in [-0.3, -0.25) is 0 Å².